The third-order valence-electron chi connectivity index (χ3n) is 2.81. The Hall–Kier alpha value is -2.50. The Balaban J connectivity index is 3.25. The van der Waals surface area contributed by atoms with Crippen molar-refractivity contribution in [3.63, 3.8) is 0 Å². The van der Waals surface area contributed by atoms with Crippen LogP contribution in [0.3, 0.4) is 0 Å². The first-order chi connectivity index (χ1) is 10.0. The maximum Gasteiger partial charge on any atom is 0.330 e. The summed E-state index contributed by atoms with van der Waals surface area (Å²) in [5.41, 5.74) is 1.29. The van der Waals surface area contributed by atoms with Crippen LogP contribution in [0.5, 0.6) is 11.5 Å². The zero-order chi connectivity index (χ0) is 15.8. The third kappa shape index (κ3) is 4.52. The van der Waals surface area contributed by atoms with E-state index in [9.17, 15) is 9.59 Å². The average Bonchev–Trinajstić information content (AvgIpc) is 2.52. The second-order valence-corrected chi connectivity index (χ2v) is 4.02. The van der Waals surface area contributed by atoms with Crippen molar-refractivity contribution in [2.75, 3.05) is 28.4 Å². The number of hydrogen-bond acceptors (Lipinski definition) is 6. The topological polar surface area (TPSA) is 71.1 Å². The molecule has 0 saturated carbocycles. The molecule has 0 radical (unpaired) electrons. The zero-order valence-corrected chi connectivity index (χ0v) is 12.5. The Bertz CT molecular complexity index is 547. The van der Waals surface area contributed by atoms with E-state index in [0.717, 1.165) is 0 Å². The van der Waals surface area contributed by atoms with Gasteiger partial charge in [0.1, 0.15) is 0 Å². The zero-order valence-electron chi connectivity index (χ0n) is 12.5. The summed E-state index contributed by atoms with van der Waals surface area (Å²) >= 11 is 0. The van der Waals surface area contributed by atoms with E-state index < -0.39 is 11.9 Å². The van der Waals surface area contributed by atoms with E-state index in [1.807, 2.05) is 0 Å². The van der Waals surface area contributed by atoms with Crippen molar-refractivity contribution in [1.29, 1.82) is 0 Å². The minimum Gasteiger partial charge on any atom is -0.493 e. The smallest absolute Gasteiger partial charge is 0.330 e. The van der Waals surface area contributed by atoms with Crippen LogP contribution in [0.25, 0.3) is 6.08 Å². The van der Waals surface area contributed by atoms with Crippen LogP contribution in [0.2, 0.25) is 0 Å². The van der Waals surface area contributed by atoms with E-state index in [-0.39, 0.29) is 6.42 Å². The Kier molecular flexibility index (Phi) is 6.26. The van der Waals surface area contributed by atoms with Gasteiger partial charge >= 0.3 is 11.9 Å². The Labute approximate surface area is 123 Å². The van der Waals surface area contributed by atoms with E-state index in [0.29, 0.717) is 22.6 Å². The van der Waals surface area contributed by atoms with Gasteiger partial charge in [-0.2, -0.15) is 0 Å². The molecule has 0 aliphatic heterocycles. The van der Waals surface area contributed by atoms with Crippen LogP contribution in [-0.4, -0.2) is 40.4 Å². The first kappa shape index (κ1) is 16.6. The van der Waals surface area contributed by atoms with Crippen molar-refractivity contribution in [2.24, 2.45) is 0 Å². The summed E-state index contributed by atoms with van der Waals surface area (Å²) in [7, 11) is 5.61. The van der Waals surface area contributed by atoms with E-state index in [1.165, 1.54) is 34.5 Å². The number of esters is 2. The summed E-state index contributed by atoms with van der Waals surface area (Å²) in [6.07, 6.45) is 2.87. The molecular weight excluding hydrogens is 276 g/mol. The lowest BCUT2D eigenvalue weighted by atomic mass is 10.0. The molecule has 6 nitrogen and oxygen atoms in total. The summed E-state index contributed by atoms with van der Waals surface area (Å²) < 4.78 is 19.6. The average molecular weight is 294 g/mol. The van der Waals surface area contributed by atoms with Crippen LogP contribution >= 0.6 is 0 Å². The summed E-state index contributed by atoms with van der Waals surface area (Å²) in [6, 6.07) is 3.35. The van der Waals surface area contributed by atoms with Crippen LogP contribution in [0.1, 0.15) is 11.1 Å². The summed E-state index contributed by atoms with van der Waals surface area (Å²) in [6.45, 7) is 0. The highest BCUT2D eigenvalue weighted by molar-refractivity contribution is 5.88. The largest absolute Gasteiger partial charge is 0.493 e. The Morgan fingerprint density at radius 3 is 2.14 bits per heavy atom. The van der Waals surface area contributed by atoms with Gasteiger partial charge in [0.05, 0.1) is 34.9 Å². The van der Waals surface area contributed by atoms with Gasteiger partial charge in [0.25, 0.3) is 0 Å². The molecular formula is C15H18O6. The molecule has 0 aliphatic rings. The molecule has 0 N–H and O–H groups in total. The van der Waals surface area contributed by atoms with E-state index >= 15 is 0 Å². The molecule has 0 aliphatic carbocycles. The predicted octanol–water partition coefficient (Wildman–Crippen LogP) is 1.61. The molecule has 1 aromatic carbocycles. The van der Waals surface area contributed by atoms with Crippen molar-refractivity contribution < 1.29 is 28.5 Å². The molecule has 0 heterocycles. The minimum absolute atomic E-state index is 0.0533. The molecule has 0 spiro atoms. The second-order valence-electron chi connectivity index (χ2n) is 4.02. The fraction of sp³-hybridized carbons (Fsp3) is 0.333. The maximum atomic E-state index is 11.5. The molecule has 0 fully saturated rings. The number of carbonyl (C=O) groups is 2. The SMILES string of the molecule is COC(=O)/C=C/c1cc(OC)c(OC)cc1CC(=O)OC. The van der Waals surface area contributed by atoms with Crippen LogP contribution in [0.15, 0.2) is 18.2 Å². The van der Waals surface area contributed by atoms with Crippen molar-refractivity contribution in [2.45, 2.75) is 6.42 Å². The number of carbonyl (C=O) groups excluding carboxylic acids is 2. The fourth-order valence-corrected chi connectivity index (χ4v) is 1.70. The first-order valence-electron chi connectivity index (χ1n) is 6.13. The van der Waals surface area contributed by atoms with E-state index in [4.69, 9.17) is 9.47 Å². The summed E-state index contributed by atoms with van der Waals surface area (Å²) in [5.74, 6) is 0.103. The standard InChI is InChI=1S/C15H18O6/c1-18-12-7-10(5-6-14(16)20-3)11(8-13(12)19-2)9-15(17)21-4/h5-8H,9H2,1-4H3/b6-5+. The molecule has 0 unspecified atom stereocenters. The van der Waals surface area contributed by atoms with Crippen LogP contribution in [0.4, 0.5) is 0 Å². The molecule has 6 heteroatoms. The molecule has 0 aromatic heterocycles. The summed E-state index contributed by atoms with van der Waals surface area (Å²) in [5, 5.41) is 0. The van der Waals surface area contributed by atoms with Crippen LogP contribution < -0.4 is 9.47 Å². The maximum absolute atomic E-state index is 11.5. The minimum atomic E-state index is -0.492. The fourth-order valence-electron chi connectivity index (χ4n) is 1.70. The first-order valence-corrected chi connectivity index (χ1v) is 6.13. The number of ether oxygens (including phenoxy) is 4. The van der Waals surface area contributed by atoms with Crippen LogP contribution in [0, 0.1) is 0 Å². The highest BCUT2D eigenvalue weighted by Crippen LogP contribution is 2.31. The van der Waals surface area contributed by atoms with Gasteiger partial charge in [0.15, 0.2) is 11.5 Å². The number of benzene rings is 1. The Morgan fingerprint density at radius 1 is 1.00 bits per heavy atom. The van der Waals surface area contributed by atoms with Gasteiger partial charge in [0, 0.05) is 6.08 Å². The van der Waals surface area contributed by atoms with Gasteiger partial charge < -0.3 is 18.9 Å². The quantitative estimate of drug-likeness (QED) is 0.586. The number of methoxy groups -OCH3 is 4. The van der Waals surface area contributed by atoms with Crippen LogP contribution in [-0.2, 0) is 25.5 Å². The monoisotopic (exact) mass is 294 g/mol. The molecule has 114 valence electrons. The molecule has 0 bridgehead atoms. The Morgan fingerprint density at radius 2 is 1.62 bits per heavy atom. The van der Waals surface area contributed by atoms with Gasteiger partial charge in [0.2, 0.25) is 0 Å². The molecule has 21 heavy (non-hydrogen) atoms. The van der Waals surface area contributed by atoms with Gasteiger partial charge in [-0.25, -0.2) is 4.79 Å². The van der Waals surface area contributed by atoms with Crippen molar-refractivity contribution in [3.8, 4) is 11.5 Å². The molecule has 0 saturated heterocycles. The second kappa shape index (κ2) is 7.94. The lowest BCUT2D eigenvalue weighted by Gasteiger charge is -2.12. The normalized spacial score (nSPS) is 10.3. The highest BCUT2D eigenvalue weighted by atomic mass is 16.5. The molecule has 0 atom stereocenters. The van der Waals surface area contributed by atoms with Gasteiger partial charge in [-0.3, -0.25) is 4.79 Å². The number of hydrogen-bond donors (Lipinski definition) is 0. The van der Waals surface area contributed by atoms with Gasteiger partial charge in [-0.15, -0.1) is 0 Å². The lowest BCUT2D eigenvalue weighted by molar-refractivity contribution is -0.139. The highest BCUT2D eigenvalue weighted by Gasteiger charge is 2.13. The third-order valence-corrected chi connectivity index (χ3v) is 2.81. The summed E-state index contributed by atoms with van der Waals surface area (Å²) in [4.78, 5) is 22.7. The predicted molar refractivity (Wildman–Crippen MR) is 76.3 cm³/mol. The molecule has 1 rings (SSSR count). The van der Waals surface area contributed by atoms with Gasteiger partial charge in [-0.1, -0.05) is 0 Å². The van der Waals surface area contributed by atoms with Gasteiger partial charge in [-0.05, 0) is 29.3 Å². The van der Waals surface area contributed by atoms with Crippen molar-refractivity contribution in [3.05, 3.63) is 29.3 Å². The molecule has 0 amide bonds. The number of rotatable bonds is 6. The van der Waals surface area contributed by atoms with Crippen molar-refractivity contribution in [1.82, 2.24) is 0 Å². The van der Waals surface area contributed by atoms with Crippen molar-refractivity contribution >= 4 is 18.0 Å². The molecule has 1 aromatic rings. The van der Waals surface area contributed by atoms with E-state index in [1.54, 1.807) is 18.2 Å². The lowest BCUT2D eigenvalue weighted by Crippen LogP contribution is -2.07. The van der Waals surface area contributed by atoms with E-state index in [2.05, 4.69) is 9.47 Å².